The van der Waals surface area contributed by atoms with Gasteiger partial charge in [-0.1, -0.05) is 0 Å². The summed E-state index contributed by atoms with van der Waals surface area (Å²) in [5.41, 5.74) is 1.60. The van der Waals surface area contributed by atoms with E-state index in [-0.39, 0.29) is 17.5 Å². The molecule has 3 rings (SSSR count). The molecule has 8 heteroatoms. The van der Waals surface area contributed by atoms with Crippen LogP contribution in [0.15, 0.2) is 36.7 Å². The van der Waals surface area contributed by atoms with Crippen LogP contribution in [-0.2, 0) is 4.74 Å². The molecule has 2 heterocycles. The smallest absolute Gasteiger partial charge is 0.407 e. The normalized spacial score (nSPS) is 18.1. The van der Waals surface area contributed by atoms with Crippen molar-refractivity contribution in [3.63, 3.8) is 0 Å². The number of amides is 2. The van der Waals surface area contributed by atoms with E-state index in [1.165, 1.54) is 0 Å². The van der Waals surface area contributed by atoms with Crippen LogP contribution in [0.25, 0.3) is 11.3 Å². The summed E-state index contributed by atoms with van der Waals surface area (Å²) >= 11 is 0. The lowest BCUT2D eigenvalue weighted by molar-refractivity contribution is 0.0915. The first-order valence-electron chi connectivity index (χ1n) is 12.0. The molecule has 2 aromatic rings. The first kappa shape index (κ1) is 25.5. The molecule has 34 heavy (non-hydrogen) atoms. The molecule has 1 fully saturated rings. The van der Waals surface area contributed by atoms with Gasteiger partial charge in [-0.05, 0) is 83.4 Å². The molecule has 0 aliphatic heterocycles. The van der Waals surface area contributed by atoms with Gasteiger partial charge in [0.2, 0.25) is 5.88 Å². The molecule has 2 aromatic heterocycles. The molecule has 1 aliphatic rings. The fourth-order valence-corrected chi connectivity index (χ4v) is 4.04. The van der Waals surface area contributed by atoms with Gasteiger partial charge in [0.1, 0.15) is 0 Å². The van der Waals surface area contributed by atoms with Crippen LogP contribution in [0, 0.1) is 11.8 Å². The van der Waals surface area contributed by atoms with Gasteiger partial charge in [0.25, 0.3) is 5.91 Å². The fraction of sp³-hybridized carbons (Fsp3) is 0.538. The Bertz CT molecular complexity index is 948. The van der Waals surface area contributed by atoms with E-state index in [2.05, 4.69) is 20.6 Å². The van der Waals surface area contributed by atoms with Gasteiger partial charge in [-0.25, -0.2) is 9.78 Å². The second-order valence-electron chi connectivity index (χ2n) is 9.79. The van der Waals surface area contributed by atoms with Crippen LogP contribution < -0.4 is 15.4 Å². The van der Waals surface area contributed by atoms with Gasteiger partial charge in [-0.3, -0.25) is 9.78 Å². The number of hydrogen-bond donors (Lipinski definition) is 2. The molecule has 0 spiro atoms. The molecule has 0 radical (unpaired) electrons. The first-order chi connectivity index (χ1) is 16.2. The van der Waals surface area contributed by atoms with Crippen molar-refractivity contribution in [1.29, 1.82) is 0 Å². The zero-order valence-electron chi connectivity index (χ0n) is 20.6. The fourth-order valence-electron chi connectivity index (χ4n) is 4.04. The molecule has 1 saturated carbocycles. The summed E-state index contributed by atoms with van der Waals surface area (Å²) in [6.07, 6.45) is 6.95. The van der Waals surface area contributed by atoms with Crippen LogP contribution in [0.2, 0.25) is 0 Å². The van der Waals surface area contributed by atoms with E-state index in [4.69, 9.17) is 9.47 Å². The Hall–Kier alpha value is -3.16. The van der Waals surface area contributed by atoms with Gasteiger partial charge >= 0.3 is 6.09 Å². The molecule has 0 bridgehead atoms. The Morgan fingerprint density at radius 2 is 1.79 bits per heavy atom. The minimum Gasteiger partial charge on any atom is -0.478 e. The third-order valence-corrected chi connectivity index (χ3v) is 5.80. The number of pyridine rings is 2. The number of nitrogens with zero attached hydrogens (tertiary/aromatic N) is 2. The van der Waals surface area contributed by atoms with Gasteiger partial charge in [0.15, 0.2) is 0 Å². The van der Waals surface area contributed by atoms with E-state index in [0.29, 0.717) is 48.7 Å². The Morgan fingerprint density at radius 1 is 1.06 bits per heavy atom. The predicted octanol–water partition coefficient (Wildman–Crippen LogP) is 4.60. The lowest BCUT2D eigenvalue weighted by Crippen LogP contribution is -2.41. The quantitative estimate of drug-likeness (QED) is 0.587. The molecule has 0 atom stereocenters. The highest BCUT2D eigenvalue weighted by molar-refractivity contribution is 5.99. The molecule has 8 nitrogen and oxygen atoms in total. The van der Waals surface area contributed by atoms with Crippen LogP contribution >= 0.6 is 0 Å². The molecule has 2 N–H and O–H groups in total. The molecule has 2 amide bonds. The maximum Gasteiger partial charge on any atom is 0.407 e. The Balaban J connectivity index is 1.47. The highest BCUT2D eigenvalue weighted by atomic mass is 16.5. The van der Waals surface area contributed by atoms with Gasteiger partial charge in [0.05, 0.1) is 24.5 Å². The summed E-state index contributed by atoms with van der Waals surface area (Å²) in [5, 5.41) is 5.90. The second-order valence-corrected chi connectivity index (χ2v) is 9.79. The summed E-state index contributed by atoms with van der Waals surface area (Å²) < 4.78 is 10.8. The maximum absolute atomic E-state index is 12.9. The topological polar surface area (TPSA) is 102 Å². The zero-order valence-corrected chi connectivity index (χ0v) is 20.6. The van der Waals surface area contributed by atoms with Gasteiger partial charge < -0.3 is 20.1 Å². The van der Waals surface area contributed by atoms with E-state index in [9.17, 15) is 9.59 Å². The summed E-state index contributed by atoms with van der Waals surface area (Å²) in [4.78, 5) is 33.5. The monoisotopic (exact) mass is 468 g/mol. The van der Waals surface area contributed by atoms with Crippen molar-refractivity contribution in [2.45, 2.75) is 58.9 Å². The Morgan fingerprint density at radius 3 is 2.44 bits per heavy atom. The molecule has 0 saturated heterocycles. The number of rotatable bonds is 8. The largest absolute Gasteiger partial charge is 0.478 e. The third-order valence-electron chi connectivity index (χ3n) is 5.80. The molecular weight excluding hydrogens is 432 g/mol. The van der Waals surface area contributed by atoms with E-state index < -0.39 is 0 Å². The van der Waals surface area contributed by atoms with Crippen molar-refractivity contribution < 1.29 is 19.1 Å². The van der Waals surface area contributed by atoms with Crippen molar-refractivity contribution in [3.8, 4) is 17.1 Å². The summed E-state index contributed by atoms with van der Waals surface area (Å²) in [5.74, 6) is 1.19. The van der Waals surface area contributed by atoms with E-state index in [1.54, 1.807) is 30.6 Å². The maximum atomic E-state index is 12.9. The van der Waals surface area contributed by atoms with Crippen molar-refractivity contribution in [1.82, 2.24) is 20.6 Å². The number of ether oxygens (including phenoxy) is 2. The number of nitrogens with one attached hydrogen (secondary N) is 2. The van der Waals surface area contributed by atoms with Crippen LogP contribution in [-0.4, -0.2) is 47.3 Å². The van der Waals surface area contributed by atoms with E-state index in [0.717, 1.165) is 31.2 Å². The molecular formula is C26H36N4O4. The van der Waals surface area contributed by atoms with Gasteiger partial charge in [-0.15, -0.1) is 0 Å². The van der Waals surface area contributed by atoms with E-state index in [1.807, 2.05) is 33.8 Å². The number of hydrogen-bond acceptors (Lipinski definition) is 6. The van der Waals surface area contributed by atoms with Gasteiger partial charge in [0, 0.05) is 36.1 Å². The van der Waals surface area contributed by atoms with Gasteiger partial charge in [-0.2, -0.15) is 0 Å². The molecule has 184 valence electrons. The van der Waals surface area contributed by atoms with Crippen molar-refractivity contribution in [3.05, 3.63) is 42.2 Å². The lowest BCUT2D eigenvalue weighted by atomic mass is 9.82. The van der Waals surface area contributed by atoms with E-state index >= 15 is 0 Å². The summed E-state index contributed by atoms with van der Waals surface area (Å²) in [6.45, 7) is 9.30. The number of carbonyl (C=O) groups excluding carboxylic acids is 2. The van der Waals surface area contributed by atoms with Crippen LogP contribution in [0.5, 0.6) is 5.88 Å². The Labute approximate surface area is 201 Å². The molecule has 0 aromatic carbocycles. The average Bonchev–Trinajstić information content (AvgIpc) is 2.81. The van der Waals surface area contributed by atoms with Crippen molar-refractivity contribution in [2.75, 3.05) is 19.8 Å². The SMILES string of the molecule is CCOc1ccc(-c2ncccc2C(=O)NCC2CCC(COC(=O)NC(C)(C)C)CC2)cn1. The molecule has 0 unspecified atom stereocenters. The Kier molecular flexibility index (Phi) is 8.85. The summed E-state index contributed by atoms with van der Waals surface area (Å²) in [7, 11) is 0. The average molecular weight is 469 g/mol. The number of aromatic nitrogens is 2. The number of alkyl carbamates (subject to hydrolysis) is 1. The zero-order chi connectivity index (χ0) is 24.6. The minimum absolute atomic E-state index is 0.138. The second kappa shape index (κ2) is 11.8. The highest BCUT2D eigenvalue weighted by Crippen LogP contribution is 2.29. The predicted molar refractivity (Wildman–Crippen MR) is 131 cm³/mol. The summed E-state index contributed by atoms with van der Waals surface area (Å²) in [6, 6.07) is 7.19. The standard InChI is InChI=1S/C26H36N4O4/c1-5-33-22-13-12-20(16-28-22)23-21(7-6-14-27-23)24(31)29-15-18-8-10-19(11-9-18)17-34-25(32)30-26(2,3)4/h6-7,12-14,16,18-19H,5,8-11,15,17H2,1-4H3,(H,29,31)(H,30,32). The highest BCUT2D eigenvalue weighted by Gasteiger charge is 2.24. The number of carbonyl (C=O) groups is 2. The lowest BCUT2D eigenvalue weighted by Gasteiger charge is -2.29. The third kappa shape index (κ3) is 7.71. The first-order valence-corrected chi connectivity index (χ1v) is 12.0. The van der Waals surface area contributed by atoms with Crippen molar-refractivity contribution >= 4 is 12.0 Å². The van der Waals surface area contributed by atoms with Crippen LogP contribution in [0.1, 0.15) is 63.7 Å². The van der Waals surface area contributed by atoms with Crippen LogP contribution in [0.3, 0.4) is 0 Å². The molecule has 1 aliphatic carbocycles. The van der Waals surface area contributed by atoms with Crippen LogP contribution in [0.4, 0.5) is 4.79 Å². The minimum atomic E-state index is -0.364. The van der Waals surface area contributed by atoms with Crippen molar-refractivity contribution in [2.24, 2.45) is 11.8 Å².